The Morgan fingerprint density at radius 3 is 2.67 bits per heavy atom. The third kappa shape index (κ3) is 4.39. The molecule has 0 aliphatic carbocycles. The predicted octanol–water partition coefficient (Wildman–Crippen LogP) is 2.02. The lowest BCUT2D eigenvalue weighted by atomic mass is 9.97. The molecule has 1 unspecified atom stereocenters. The van der Waals surface area contributed by atoms with Gasteiger partial charge >= 0.3 is 0 Å². The highest BCUT2D eigenvalue weighted by Gasteiger charge is 2.24. The standard InChI is InChI=1S/C21H28N4O2/c1-15-13-19(16(2)25(15)18-8-4-3-5-9-18)21(27)23-10-12-24-11-6-7-17(14-24)20(22)26/h3-5,8-9,13,17H,6-7,10-12,14H2,1-2H3,(H2,22,26)(H,23,27). The van der Waals surface area contributed by atoms with Crippen molar-refractivity contribution < 1.29 is 9.59 Å². The Bertz CT molecular complexity index is 813. The lowest BCUT2D eigenvalue weighted by Gasteiger charge is -2.31. The Kier molecular flexibility index (Phi) is 5.96. The molecule has 6 nitrogen and oxygen atoms in total. The van der Waals surface area contributed by atoms with Gasteiger partial charge in [0.1, 0.15) is 0 Å². The van der Waals surface area contributed by atoms with Gasteiger partial charge in [-0.15, -0.1) is 0 Å². The van der Waals surface area contributed by atoms with Crippen molar-refractivity contribution in [1.29, 1.82) is 0 Å². The molecule has 2 heterocycles. The minimum atomic E-state index is -0.225. The topological polar surface area (TPSA) is 80.4 Å². The Labute approximate surface area is 160 Å². The van der Waals surface area contributed by atoms with E-state index in [-0.39, 0.29) is 17.7 Å². The third-order valence-corrected chi connectivity index (χ3v) is 5.31. The first-order chi connectivity index (χ1) is 13.0. The van der Waals surface area contributed by atoms with Crippen LogP contribution in [0.3, 0.4) is 0 Å². The molecule has 1 aliphatic rings. The molecule has 27 heavy (non-hydrogen) atoms. The van der Waals surface area contributed by atoms with E-state index >= 15 is 0 Å². The lowest BCUT2D eigenvalue weighted by molar-refractivity contribution is -0.123. The number of benzene rings is 1. The van der Waals surface area contributed by atoms with Gasteiger partial charge in [-0.3, -0.25) is 9.59 Å². The van der Waals surface area contributed by atoms with E-state index < -0.39 is 0 Å². The van der Waals surface area contributed by atoms with Gasteiger partial charge in [0.2, 0.25) is 5.91 Å². The fourth-order valence-corrected chi connectivity index (χ4v) is 3.88. The first-order valence-electron chi connectivity index (χ1n) is 9.51. The van der Waals surface area contributed by atoms with Crippen molar-refractivity contribution in [2.75, 3.05) is 26.2 Å². The number of hydrogen-bond donors (Lipinski definition) is 2. The number of primary amides is 1. The van der Waals surface area contributed by atoms with Crippen LogP contribution in [0.4, 0.5) is 0 Å². The van der Waals surface area contributed by atoms with Gasteiger partial charge < -0.3 is 20.5 Å². The number of hydrogen-bond acceptors (Lipinski definition) is 3. The minimum absolute atomic E-state index is 0.0614. The molecule has 0 saturated carbocycles. The molecule has 2 amide bonds. The molecule has 144 valence electrons. The molecule has 3 N–H and O–H groups in total. The summed E-state index contributed by atoms with van der Waals surface area (Å²) in [5, 5.41) is 3.01. The Morgan fingerprint density at radius 1 is 1.22 bits per heavy atom. The first kappa shape index (κ1) is 19.2. The number of carbonyl (C=O) groups excluding carboxylic acids is 2. The number of nitrogens with one attached hydrogen (secondary N) is 1. The molecular formula is C21H28N4O2. The average molecular weight is 368 g/mol. The van der Waals surface area contributed by atoms with Crippen LogP contribution >= 0.6 is 0 Å². The highest BCUT2D eigenvalue weighted by molar-refractivity contribution is 5.95. The second-order valence-corrected chi connectivity index (χ2v) is 7.25. The van der Waals surface area contributed by atoms with Crippen molar-refractivity contribution in [1.82, 2.24) is 14.8 Å². The zero-order valence-corrected chi connectivity index (χ0v) is 16.1. The molecular weight excluding hydrogens is 340 g/mol. The smallest absolute Gasteiger partial charge is 0.253 e. The molecule has 3 rings (SSSR count). The van der Waals surface area contributed by atoms with Gasteiger partial charge in [-0.25, -0.2) is 0 Å². The SMILES string of the molecule is Cc1cc(C(=O)NCCN2CCCC(C(N)=O)C2)c(C)n1-c1ccccc1. The van der Waals surface area contributed by atoms with Crippen molar-refractivity contribution in [2.24, 2.45) is 11.7 Å². The number of likely N-dealkylation sites (tertiary alicyclic amines) is 1. The minimum Gasteiger partial charge on any atom is -0.369 e. The zero-order chi connectivity index (χ0) is 19.4. The number of aromatic nitrogens is 1. The monoisotopic (exact) mass is 368 g/mol. The Balaban J connectivity index is 1.60. The molecule has 1 aromatic carbocycles. The molecule has 1 fully saturated rings. The van der Waals surface area contributed by atoms with E-state index in [9.17, 15) is 9.59 Å². The summed E-state index contributed by atoms with van der Waals surface area (Å²) in [6.45, 7) is 6.90. The van der Waals surface area contributed by atoms with Crippen molar-refractivity contribution in [2.45, 2.75) is 26.7 Å². The van der Waals surface area contributed by atoms with Gasteiger partial charge in [0.15, 0.2) is 0 Å². The van der Waals surface area contributed by atoms with Gasteiger partial charge in [-0.1, -0.05) is 18.2 Å². The molecule has 2 aromatic rings. The highest BCUT2D eigenvalue weighted by atomic mass is 16.2. The number of nitrogens with zero attached hydrogens (tertiary/aromatic N) is 2. The van der Waals surface area contributed by atoms with Crippen molar-refractivity contribution in [3.05, 3.63) is 53.3 Å². The van der Waals surface area contributed by atoms with Gasteiger partial charge in [0.05, 0.1) is 11.5 Å². The number of rotatable bonds is 6. The molecule has 1 saturated heterocycles. The zero-order valence-electron chi connectivity index (χ0n) is 16.1. The van der Waals surface area contributed by atoms with Crippen LogP contribution in [0, 0.1) is 19.8 Å². The van der Waals surface area contributed by atoms with Crippen LogP contribution in [0.1, 0.15) is 34.6 Å². The lowest BCUT2D eigenvalue weighted by Crippen LogP contribution is -2.44. The molecule has 6 heteroatoms. The van der Waals surface area contributed by atoms with E-state index in [0.717, 1.165) is 43.0 Å². The average Bonchev–Trinajstić information content (AvgIpc) is 2.97. The van der Waals surface area contributed by atoms with E-state index in [2.05, 4.69) is 14.8 Å². The van der Waals surface area contributed by atoms with E-state index in [0.29, 0.717) is 18.7 Å². The van der Waals surface area contributed by atoms with Crippen molar-refractivity contribution in [3.8, 4) is 5.69 Å². The molecule has 1 atom stereocenters. The van der Waals surface area contributed by atoms with E-state index in [1.807, 2.05) is 50.2 Å². The normalized spacial score (nSPS) is 17.6. The largest absolute Gasteiger partial charge is 0.369 e. The van der Waals surface area contributed by atoms with Crippen LogP contribution in [-0.4, -0.2) is 47.5 Å². The Hall–Kier alpha value is -2.60. The fourth-order valence-electron chi connectivity index (χ4n) is 3.88. The maximum Gasteiger partial charge on any atom is 0.253 e. The number of aryl methyl sites for hydroxylation is 1. The molecule has 1 aromatic heterocycles. The number of piperidine rings is 1. The van der Waals surface area contributed by atoms with Crippen LogP contribution < -0.4 is 11.1 Å². The predicted molar refractivity (Wildman–Crippen MR) is 106 cm³/mol. The van der Waals surface area contributed by atoms with Gasteiger partial charge in [0, 0.05) is 36.7 Å². The molecule has 0 bridgehead atoms. The van der Waals surface area contributed by atoms with Crippen molar-refractivity contribution in [3.63, 3.8) is 0 Å². The van der Waals surface area contributed by atoms with Crippen LogP contribution in [-0.2, 0) is 4.79 Å². The molecule has 0 spiro atoms. The summed E-state index contributed by atoms with van der Waals surface area (Å²) in [4.78, 5) is 26.2. The van der Waals surface area contributed by atoms with Crippen LogP contribution in [0.25, 0.3) is 5.69 Å². The number of nitrogens with two attached hydrogens (primary N) is 1. The quantitative estimate of drug-likeness (QED) is 0.819. The van der Waals surface area contributed by atoms with Crippen LogP contribution in [0.15, 0.2) is 36.4 Å². The summed E-state index contributed by atoms with van der Waals surface area (Å²) in [7, 11) is 0. The third-order valence-electron chi connectivity index (χ3n) is 5.31. The first-order valence-corrected chi connectivity index (χ1v) is 9.51. The van der Waals surface area contributed by atoms with E-state index in [1.165, 1.54) is 0 Å². The molecule has 0 radical (unpaired) electrons. The van der Waals surface area contributed by atoms with E-state index in [1.54, 1.807) is 0 Å². The number of amides is 2. The summed E-state index contributed by atoms with van der Waals surface area (Å²) in [6, 6.07) is 12.0. The van der Waals surface area contributed by atoms with E-state index in [4.69, 9.17) is 5.73 Å². The molecule has 1 aliphatic heterocycles. The fraction of sp³-hybridized carbons (Fsp3) is 0.429. The summed E-state index contributed by atoms with van der Waals surface area (Å²) >= 11 is 0. The van der Waals surface area contributed by atoms with Crippen LogP contribution in [0.5, 0.6) is 0 Å². The summed E-state index contributed by atoms with van der Waals surface area (Å²) < 4.78 is 2.09. The van der Waals surface area contributed by atoms with Crippen molar-refractivity contribution >= 4 is 11.8 Å². The maximum atomic E-state index is 12.7. The van der Waals surface area contributed by atoms with Crippen LogP contribution in [0.2, 0.25) is 0 Å². The summed E-state index contributed by atoms with van der Waals surface area (Å²) in [5.41, 5.74) is 9.14. The number of para-hydroxylation sites is 1. The summed E-state index contributed by atoms with van der Waals surface area (Å²) in [6.07, 6.45) is 1.84. The number of carbonyl (C=O) groups is 2. The van der Waals surface area contributed by atoms with Gasteiger partial charge in [0.25, 0.3) is 5.91 Å². The van der Waals surface area contributed by atoms with Gasteiger partial charge in [-0.2, -0.15) is 0 Å². The second kappa shape index (κ2) is 8.39. The Morgan fingerprint density at radius 2 is 1.96 bits per heavy atom. The van der Waals surface area contributed by atoms with Gasteiger partial charge in [-0.05, 0) is 51.4 Å². The maximum absolute atomic E-state index is 12.7. The highest BCUT2D eigenvalue weighted by Crippen LogP contribution is 2.20. The second-order valence-electron chi connectivity index (χ2n) is 7.25. The summed E-state index contributed by atoms with van der Waals surface area (Å²) in [5.74, 6) is -0.356.